The third-order valence-electron chi connectivity index (χ3n) is 7.66. The molecule has 4 nitrogen and oxygen atoms in total. The van der Waals surface area contributed by atoms with Crippen LogP contribution in [-0.2, 0) is 20.8 Å². The molecule has 1 aromatic heterocycles. The van der Waals surface area contributed by atoms with Gasteiger partial charge in [-0.15, -0.1) is 0 Å². The van der Waals surface area contributed by atoms with Crippen LogP contribution in [0.15, 0.2) is 18.5 Å². The average molecular weight is 627 g/mol. The molecule has 234 valence electrons. The molecule has 40 heavy (non-hydrogen) atoms. The number of hydrogen-bond acceptors (Lipinski definition) is 3. The summed E-state index contributed by atoms with van der Waals surface area (Å²) in [6.07, 6.45) is 29.4. The first kappa shape index (κ1) is 39.1. The third-order valence-corrected chi connectivity index (χ3v) is 7.66. The third kappa shape index (κ3) is 23.7. The first-order chi connectivity index (χ1) is 19.0. The normalized spacial score (nSPS) is 11.8. The van der Waals surface area contributed by atoms with Crippen LogP contribution < -0.4 is 21.5 Å². The van der Waals surface area contributed by atoms with Crippen LogP contribution in [0.4, 0.5) is 0 Å². The SMILES string of the molecule is CCCCCCCCCCCCCCCCOCC(CCC)COC(=O)CCCCC[n+]1cc(C)cc(C)c1.[Br-]. The maximum Gasteiger partial charge on any atom is 0.305 e. The van der Waals surface area contributed by atoms with E-state index in [4.69, 9.17) is 9.47 Å². The van der Waals surface area contributed by atoms with Crippen molar-refractivity contribution >= 4 is 5.97 Å². The van der Waals surface area contributed by atoms with Crippen molar-refractivity contribution < 1.29 is 35.8 Å². The Hall–Kier alpha value is -0.940. The molecule has 1 atom stereocenters. The van der Waals surface area contributed by atoms with E-state index in [-0.39, 0.29) is 23.0 Å². The molecule has 0 bridgehead atoms. The summed E-state index contributed by atoms with van der Waals surface area (Å²) in [5.41, 5.74) is 2.59. The molecule has 1 unspecified atom stereocenters. The van der Waals surface area contributed by atoms with Crippen LogP contribution >= 0.6 is 0 Å². The van der Waals surface area contributed by atoms with E-state index in [1.54, 1.807) is 0 Å². The second kappa shape index (κ2) is 28.2. The minimum absolute atomic E-state index is 0. The number of hydrogen-bond donors (Lipinski definition) is 0. The Bertz CT molecular complexity index is 692. The summed E-state index contributed by atoms with van der Waals surface area (Å²) in [6.45, 7) is 11.8. The van der Waals surface area contributed by atoms with Gasteiger partial charge < -0.3 is 26.5 Å². The number of unbranched alkanes of at least 4 members (excludes halogenated alkanes) is 15. The Labute approximate surface area is 259 Å². The van der Waals surface area contributed by atoms with Crippen LogP contribution in [0.25, 0.3) is 0 Å². The molecule has 1 aromatic rings. The Kier molecular flexibility index (Phi) is 27.5. The molecule has 1 rings (SSSR count). The van der Waals surface area contributed by atoms with Gasteiger partial charge in [-0.3, -0.25) is 4.79 Å². The Morgan fingerprint density at radius 2 is 1.23 bits per heavy atom. The lowest BCUT2D eigenvalue weighted by atomic mass is 10.0. The van der Waals surface area contributed by atoms with Gasteiger partial charge >= 0.3 is 5.97 Å². The molecule has 0 aromatic carbocycles. The number of rotatable bonds is 27. The fourth-order valence-electron chi connectivity index (χ4n) is 5.42. The highest BCUT2D eigenvalue weighted by Crippen LogP contribution is 2.14. The summed E-state index contributed by atoms with van der Waals surface area (Å²) in [5.74, 6) is 0.272. The zero-order valence-corrected chi connectivity index (χ0v) is 28.4. The van der Waals surface area contributed by atoms with Crippen molar-refractivity contribution in [2.24, 2.45) is 5.92 Å². The number of ether oxygens (including phenoxy) is 2. The van der Waals surface area contributed by atoms with E-state index in [0.717, 1.165) is 51.7 Å². The van der Waals surface area contributed by atoms with Crippen LogP contribution in [0.3, 0.4) is 0 Å². The molecule has 5 heteroatoms. The minimum Gasteiger partial charge on any atom is -1.00 e. The van der Waals surface area contributed by atoms with E-state index in [1.165, 1.54) is 94.6 Å². The Balaban J connectivity index is 0.0000152. The van der Waals surface area contributed by atoms with Gasteiger partial charge in [0.1, 0.15) is 6.54 Å². The largest absolute Gasteiger partial charge is 1.00 e. The van der Waals surface area contributed by atoms with Crippen LogP contribution in [-0.4, -0.2) is 25.8 Å². The predicted molar refractivity (Wildman–Crippen MR) is 165 cm³/mol. The van der Waals surface area contributed by atoms with Gasteiger partial charge in [0.05, 0.1) is 13.2 Å². The highest BCUT2D eigenvalue weighted by Gasteiger charge is 2.12. The lowest BCUT2D eigenvalue weighted by Crippen LogP contribution is -3.00. The lowest BCUT2D eigenvalue weighted by Gasteiger charge is -2.16. The fourth-order valence-corrected chi connectivity index (χ4v) is 5.42. The smallest absolute Gasteiger partial charge is 0.305 e. The zero-order valence-electron chi connectivity index (χ0n) is 26.8. The second-order valence-electron chi connectivity index (χ2n) is 11.9. The number of esters is 1. The van der Waals surface area contributed by atoms with Gasteiger partial charge in [-0.2, -0.15) is 0 Å². The van der Waals surface area contributed by atoms with E-state index >= 15 is 0 Å². The van der Waals surface area contributed by atoms with Gasteiger partial charge in [0.15, 0.2) is 12.4 Å². The summed E-state index contributed by atoms with van der Waals surface area (Å²) in [6, 6.07) is 2.20. The standard InChI is InChI=1S/C35H64NO3.BrH/c1-5-7-8-9-10-11-12-13-14-15-16-17-18-22-26-38-30-34(23-6-2)31-39-35(37)24-20-19-21-25-36-28-32(3)27-33(4)29-36;/h27-29,34H,5-26,30-31H2,1-4H3;1H/q+1;/p-1. The first-order valence-corrected chi connectivity index (χ1v) is 16.8. The van der Waals surface area contributed by atoms with Crippen molar-refractivity contribution in [1.29, 1.82) is 0 Å². The summed E-state index contributed by atoms with van der Waals surface area (Å²) >= 11 is 0. The molecule has 0 radical (unpaired) electrons. The van der Waals surface area contributed by atoms with Crippen molar-refractivity contribution in [1.82, 2.24) is 0 Å². The van der Waals surface area contributed by atoms with Crippen molar-refractivity contribution in [3.05, 3.63) is 29.6 Å². The Morgan fingerprint density at radius 1 is 0.700 bits per heavy atom. The molecule has 0 fully saturated rings. The zero-order chi connectivity index (χ0) is 28.4. The number of aryl methyl sites for hydroxylation is 3. The molecule has 0 amide bonds. The van der Waals surface area contributed by atoms with Gasteiger partial charge in [-0.1, -0.05) is 104 Å². The summed E-state index contributed by atoms with van der Waals surface area (Å²) in [5, 5.41) is 0. The molecule has 1 heterocycles. The first-order valence-electron chi connectivity index (χ1n) is 16.8. The van der Waals surface area contributed by atoms with Gasteiger partial charge in [0.25, 0.3) is 0 Å². The lowest BCUT2D eigenvalue weighted by molar-refractivity contribution is -0.698. The van der Waals surface area contributed by atoms with Gasteiger partial charge in [-0.05, 0) is 45.6 Å². The maximum absolute atomic E-state index is 12.2. The van der Waals surface area contributed by atoms with E-state index in [0.29, 0.717) is 25.6 Å². The fraction of sp³-hybridized carbons (Fsp3) is 0.829. The molecule has 0 aliphatic heterocycles. The van der Waals surface area contributed by atoms with Crippen LogP contribution in [0.5, 0.6) is 0 Å². The number of pyridine rings is 1. The molecule has 0 spiro atoms. The number of nitrogens with zero attached hydrogens (tertiary/aromatic N) is 1. The van der Waals surface area contributed by atoms with Gasteiger partial charge in [-0.25, -0.2) is 4.57 Å². The van der Waals surface area contributed by atoms with Crippen molar-refractivity contribution in [2.45, 2.75) is 163 Å². The molecule has 0 aliphatic rings. The van der Waals surface area contributed by atoms with Crippen molar-refractivity contribution in [3.8, 4) is 0 Å². The number of carbonyl (C=O) groups excluding carboxylic acids is 1. The molecule has 0 saturated carbocycles. The molecule has 0 N–H and O–H groups in total. The predicted octanol–water partition coefficient (Wildman–Crippen LogP) is 6.61. The second-order valence-corrected chi connectivity index (χ2v) is 11.9. The number of aromatic nitrogens is 1. The Morgan fingerprint density at radius 3 is 1.77 bits per heavy atom. The molecular weight excluding hydrogens is 562 g/mol. The van der Waals surface area contributed by atoms with Crippen LogP contribution in [0.1, 0.15) is 153 Å². The summed E-state index contributed by atoms with van der Waals surface area (Å²) in [4.78, 5) is 12.2. The molecular formula is C35H64BrNO3. The van der Waals surface area contributed by atoms with Crippen molar-refractivity contribution in [2.75, 3.05) is 19.8 Å². The van der Waals surface area contributed by atoms with E-state index in [1.807, 2.05) is 0 Å². The highest BCUT2D eigenvalue weighted by molar-refractivity contribution is 5.69. The van der Waals surface area contributed by atoms with E-state index in [9.17, 15) is 4.79 Å². The summed E-state index contributed by atoms with van der Waals surface area (Å²) in [7, 11) is 0. The summed E-state index contributed by atoms with van der Waals surface area (Å²) < 4.78 is 13.8. The van der Waals surface area contributed by atoms with E-state index in [2.05, 4.69) is 50.7 Å². The monoisotopic (exact) mass is 625 g/mol. The minimum atomic E-state index is -0.0536. The maximum atomic E-state index is 12.2. The number of halogens is 1. The highest BCUT2D eigenvalue weighted by atomic mass is 79.9. The van der Waals surface area contributed by atoms with Crippen molar-refractivity contribution in [3.63, 3.8) is 0 Å². The van der Waals surface area contributed by atoms with Gasteiger partial charge in [0.2, 0.25) is 0 Å². The molecule has 0 aliphatic carbocycles. The van der Waals surface area contributed by atoms with Crippen LogP contribution in [0, 0.1) is 19.8 Å². The average Bonchev–Trinajstić information content (AvgIpc) is 2.90. The number of carbonyl (C=O) groups is 1. The van der Waals surface area contributed by atoms with Crippen LogP contribution in [0.2, 0.25) is 0 Å². The topological polar surface area (TPSA) is 39.4 Å². The van der Waals surface area contributed by atoms with Gasteiger partial charge in [0, 0.05) is 36.5 Å². The molecule has 0 saturated heterocycles. The quantitative estimate of drug-likeness (QED) is 0.0627. The van der Waals surface area contributed by atoms with E-state index < -0.39 is 0 Å².